The van der Waals surface area contributed by atoms with Gasteiger partial charge in [-0.1, -0.05) is 111 Å². The Balaban J connectivity index is 0.000000202. The number of aromatic nitrogens is 10. The van der Waals surface area contributed by atoms with Crippen LogP contribution < -0.4 is 11.5 Å². The van der Waals surface area contributed by atoms with Crippen molar-refractivity contribution in [3.63, 3.8) is 0 Å². The van der Waals surface area contributed by atoms with E-state index in [2.05, 4.69) is 146 Å². The average molecular weight is 1110 g/mol. The molecule has 9 heterocycles. The normalized spacial score (nSPS) is 26.7. The van der Waals surface area contributed by atoms with Gasteiger partial charge >= 0.3 is 34.2 Å². The zero-order valence-corrected chi connectivity index (χ0v) is 50.8. The van der Waals surface area contributed by atoms with Gasteiger partial charge in [0.1, 0.15) is 49.5 Å². The molecule has 26 heteroatoms. The first-order valence-electron chi connectivity index (χ1n) is 26.3. The Morgan fingerprint density at radius 3 is 1.57 bits per heavy atom. The molecule has 0 bridgehead atoms. The maximum atomic E-state index is 7.38. The van der Waals surface area contributed by atoms with E-state index >= 15 is 0 Å². The SMILES string of the molecule is CC(C)[Si]1(C(C)C)OC[C@H]2O[C@@H](c3cnc4c(N)ncnn34)C[C@@H]2O[Si](C(C)C)(C(C)C)O1.CC(C)[Si]1(C(C)C)OC[C@H]2O[C@@H](c3cnc4c(N)ncnn34)[C@H](OC(=S)n3ccnc3)[C@@H]2O[Si](C(C)C)(C(C)C)O1. The van der Waals surface area contributed by atoms with Crippen LogP contribution in [0, 0.1) is 0 Å². The van der Waals surface area contributed by atoms with Crippen molar-refractivity contribution in [3.8, 4) is 0 Å². The van der Waals surface area contributed by atoms with Crippen LogP contribution in [0.5, 0.6) is 0 Å². The van der Waals surface area contributed by atoms with Crippen molar-refractivity contribution in [1.82, 2.24) is 48.7 Å². The number of hydrogen-bond acceptors (Lipinski definition) is 19. The Kier molecular flexibility index (Phi) is 16.8. The summed E-state index contributed by atoms with van der Waals surface area (Å²) in [6.07, 6.45) is 9.22. The standard InChI is InChI=1S/C26H41N7O5SSi2.C22H39N5O4Si2/c1-15(2)40(16(3)4)34-12-20-22(37-41(38-40,17(5)6)18(7)8)23(36-26(39)32-10-9-28-14-32)21(35-20)19-11-29-25-24(27)30-13-31-33(19)25;1-13(2)32(14(3)4)28-11-20-19(30-33(31-32,15(5)6)16(7)8)9-18(29-20)17-10-24-22-21(23)25-12-26-27(17)22/h9-11,13-18,20-23H,12H2,1-8H3,(H2,27,30,31);10,12-16,18-20H,9,11H2,1-8H3,(H2,23,25,26)/t20-,21+,22-,23+;18-,19+,20-/m11/s1. The molecule has 21 nitrogen and oxygen atoms in total. The summed E-state index contributed by atoms with van der Waals surface area (Å²) < 4.78 is 67.7. The maximum Gasteiger partial charge on any atom is 0.335 e. The lowest BCUT2D eigenvalue weighted by atomic mass is 10.1. The molecule has 0 unspecified atom stereocenters. The summed E-state index contributed by atoms with van der Waals surface area (Å²) >= 11 is 5.71. The van der Waals surface area contributed by atoms with Crippen molar-refractivity contribution in [2.24, 2.45) is 0 Å². The van der Waals surface area contributed by atoms with Crippen molar-refractivity contribution in [1.29, 1.82) is 0 Å². The largest absolute Gasteiger partial charge is 0.461 e. The van der Waals surface area contributed by atoms with Crippen molar-refractivity contribution in [3.05, 3.63) is 55.2 Å². The number of anilines is 2. The molecule has 5 aromatic heterocycles. The molecule has 9 rings (SSSR count). The molecule has 0 radical (unpaired) electrons. The number of fused-ring (bicyclic) bond motifs is 4. The highest BCUT2D eigenvalue weighted by Gasteiger charge is 2.64. The van der Waals surface area contributed by atoms with Crippen LogP contribution in [0.25, 0.3) is 11.3 Å². The number of thiocarbonyl (C=S) groups is 1. The van der Waals surface area contributed by atoms with Crippen molar-refractivity contribution in [2.45, 2.75) is 204 Å². The molecule has 408 valence electrons. The van der Waals surface area contributed by atoms with E-state index < -0.39 is 58.7 Å². The highest BCUT2D eigenvalue weighted by atomic mass is 32.1. The number of ether oxygens (including phenoxy) is 3. The summed E-state index contributed by atoms with van der Waals surface area (Å²) in [5, 5.41) is 9.00. The van der Waals surface area contributed by atoms with Crippen LogP contribution in [-0.2, 0) is 40.1 Å². The number of hydrogen-bond donors (Lipinski definition) is 2. The lowest BCUT2D eigenvalue weighted by Gasteiger charge is -2.51. The van der Waals surface area contributed by atoms with E-state index in [9.17, 15) is 0 Å². The third-order valence-corrected chi connectivity index (χ3v) is 36.3. The smallest absolute Gasteiger partial charge is 0.335 e. The minimum absolute atomic E-state index is 0.109. The highest BCUT2D eigenvalue weighted by molar-refractivity contribution is 7.80. The first-order valence-corrected chi connectivity index (χ1v) is 34.6. The van der Waals surface area contributed by atoms with Crippen LogP contribution in [0.15, 0.2) is 43.8 Å². The number of nitrogens with zero attached hydrogens (tertiary/aromatic N) is 10. The molecular weight excluding hydrogens is 1030 g/mol. The Bertz CT molecular complexity index is 2680. The minimum atomic E-state index is -2.96. The molecule has 4 aliphatic heterocycles. The van der Waals surface area contributed by atoms with E-state index in [-0.39, 0.29) is 62.6 Å². The number of imidazole rings is 3. The molecule has 4 aliphatic rings. The lowest BCUT2D eigenvalue weighted by Crippen LogP contribution is -2.66. The summed E-state index contributed by atoms with van der Waals surface area (Å²) in [7, 11) is -10.9. The van der Waals surface area contributed by atoms with E-state index in [0.29, 0.717) is 53.5 Å². The molecule has 4 saturated heterocycles. The van der Waals surface area contributed by atoms with Crippen LogP contribution in [0.1, 0.15) is 141 Å². The van der Waals surface area contributed by atoms with Gasteiger partial charge in [-0.3, -0.25) is 4.57 Å². The van der Waals surface area contributed by atoms with Gasteiger partial charge < -0.3 is 51.6 Å². The predicted molar refractivity (Wildman–Crippen MR) is 293 cm³/mol. The van der Waals surface area contributed by atoms with Crippen LogP contribution in [-0.4, -0.2) is 132 Å². The molecule has 0 saturated carbocycles. The molecule has 0 aliphatic carbocycles. The van der Waals surface area contributed by atoms with Crippen molar-refractivity contribution >= 4 is 74.6 Å². The Hall–Kier alpha value is -3.65. The Morgan fingerprint density at radius 2 is 1.08 bits per heavy atom. The quantitative estimate of drug-likeness (QED) is 0.0926. The number of nitrogens with two attached hydrogens (primary N) is 2. The summed E-state index contributed by atoms with van der Waals surface area (Å²) in [6, 6.07) is 0. The first-order chi connectivity index (χ1) is 34.9. The van der Waals surface area contributed by atoms with E-state index in [0.717, 1.165) is 5.69 Å². The fraction of sp³-hybridized carbons (Fsp3) is 0.708. The third-order valence-electron chi connectivity index (χ3n) is 15.5. The van der Waals surface area contributed by atoms with Crippen LogP contribution in [0.2, 0.25) is 44.3 Å². The van der Waals surface area contributed by atoms with Gasteiger partial charge in [-0.25, -0.2) is 34.0 Å². The van der Waals surface area contributed by atoms with Gasteiger partial charge in [0.25, 0.3) is 5.17 Å². The molecule has 74 heavy (non-hydrogen) atoms. The zero-order valence-electron chi connectivity index (χ0n) is 46.0. The molecule has 4 N–H and O–H groups in total. The van der Waals surface area contributed by atoms with Gasteiger partial charge in [-0.15, -0.1) is 0 Å². The van der Waals surface area contributed by atoms with Crippen LogP contribution >= 0.6 is 12.2 Å². The second kappa shape index (κ2) is 22.0. The molecular formula is C48H80N12O9SSi4. The van der Waals surface area contributed by atoms with Gasteiger partial charge in [0, 0.05) is 18.8 Å². The molecule has 0 aromatic carbocycles. The number of rotatable bonds is 11. The van der Waals surface area contributed by atoms with Crippen molar-refractivity contribution < 1.29 is 40.1 Å². The molecule has 4 fully saturated rings. The van der Waals surface area contributed by atoms with Gasteiger partial charge in [-0.05, 0) is 56.5 Å². The molecule has 0 spiro atoms. The number of nitrogen functional groups attached to an aromatic ring is 2. The predicted octanol–water partition coefficient (Wildman–Crippen LogP) is 9.01. The Labute approximate surface area is 445 Å². The fourth-order valence-corrected chi connectivity index (χ4v) is 34.2. The topological polar surface area (TPSA) is 239 Å². The van der Waals surface area contributed by atoms with Gasteiger partial charge in [0.2, 0.25) is 0 Å². The van der Waals surface area contributed by atoms with E-state index in [4.69, 9.17) is 63.8 Å². The monoisotopic (exact) mass is 1110 g/mol. The third kappa shape index (κ3) is 10.1. The fourth-order valence-electron chi connectivity index (χ4n) is 11.5. The van der Waals surface area contributed by atoms with Gasteiger partial charge in [0.15, 0.2) is 29.0 Å². The summed E-state index contributed by atoms with van der Waals surface area (Å²) in [5.41, 5.74) is 16.5. The molecule has 0 amide bonds. The van der Waals surface area contributed by atoms with E-state index in [1.165, 1.54) is 12.7 Å². The lowest BCUT2D eigenvalue weighted by molar-refractivity contribution is -0.0399. The van der Waals surface area contributed by atoms with Crippen LogP contribution in [0.3, 0.4) is 0 Å². The first kappa shape index (κ1) is 56.5. The second-order valence-corrected chi connectivity index (χ2v) is 40.7. The molecule has 7 atom stereocenters. The zero-order chi connectivity index (χ0) is 53.8. The summed E-state index contributed by atoms with van der Waals surface area (Å²) in [6.45, 7) is 36.2. The van der Waals surface area contributed by atoms with E-state index in [1.54, 1.807) is 44.7 Å². The minimum Gasteiger partial charge on any atom is -0.461 e. The average Bonchev–Trinajstić information content (AvgIpc) is 4.18. The summed E-state index contributed by atoms with van der Waals surface area (Å²) in [5.74, 6) is 0.620. The second-order valence-electron chi connectivity index (χ2n) is 22.6. The Morgan fingerprint density at radius 1 is 0.608 bits per heavy atom. The van der Waals surface area contributed by atoms with Gasteiger partial charge in [-0.2, -0.15) is 10.2 Å². The van der Waals surface area contributed by atoms with E-state index in [1.807, 2.05) is 0 Å². The summed E-state index contributed by atoms with van der Waals surface area (Å²) in [4.78, 5) is 21.2. The van der Waals surface area contributed by atoms with Crippen molar-refractivity contribution in [2.75, 3.05) is 24.7 Å². The maximum absolute atomic E-state index is 7.38. The van der Waals surface area contributed by atoms with Gasteiger partial charge in [0.05, 0.1) is 43.1 Å². The van der Waals surface area contributed by atoms with Crippen LogP contribution in [0.4, 0.5) is 11.6 Å². The molecule has 5 aromatic rings. The highest BCUT2D eigenvalue weighted by Crippen LogP contribution is 2.51.